The number of carbonyl (C=O) groups is 3. The van der Waals surface area contributed by atoms with Gasteiger partial charge >= 0.3 is 12.2 Å². The molecule has 20 heteroatoms. The van der Waals surface area contributed by atoms with Gasteiger partial charge in [0.1, 0.15) is 28.0 Å². The number of anilines is 2. The lowest BCUT2D eigenvalue weighted by Gasteiger charge is -2.34. The first-order valence-corrected chi connectivity index (χ1v) is 25.8. The van der Waals surface area contributed by atoms with E-state index in [9.17, 15) is 24.0 Å². The molecule has 2 aliphatic rings. The van der Waals surface area contributed by atoms with Crippen molar-refractivity contribution in [3.63, 3.8) is 0 Å². The van der Waals surface area contributed by atoms with Gasteiger partial charge in [-0.2, -0.15) is 0 Å². The molecular weight excluding hydrogens is 1000 g/mol. The van der Waals surface area contributed by atoms with Crippen molar-refractivity contribution in [1.82, 2.24) is 39.3 Å². The maximum Gasteiger partial charge on any atom is 0.407 e. The zero-order chi connectivity index (χ0) is 53.6. The largest absolute Gasteiger partial charge is 0.496 e. The average molecular weight is 1060 g/mol. The molecule has 3 N–H and O–H groups in total. The molecule has 0 radical (unpaired) electrons. The van der Waals surface area contributed by atoms with Crippen molar-refractivity contribution in [2.75, 3.05) is 43.1 Å². The highest BCUT2D eigenvalue weighted by atomic mass is 35.5. The van der Waals surface area contributed by atoms with Gasteiger partial charge in [-0.3, -0.25) is 14.4 Å². The molecule has 4 aromatic heterocycles. The molecule has 2 atom stereocenters. The van der Waals surface area contributed by atoms with E-state index in [1.807, 2.05) is 99.2 Å². The Morgan fingerprint density at radius 1 is 0.680 bits per heavy atom. The fourth-order valence-corrected chi connectivity index (χ4v) is 9.75. The maximum absolute atomic E-state index is 14.0. The topological polar surface area (TPSA) is 200 Å². The highest BCUT2D eigenvalue weighted by Crippen LogP contribution is 2.29. The number of amides is 2. The Balaban J connectivity index is 0.000000208. The number of nitrogens with one attached hydrogen (secondary N) is 3. The predicted molar refractivity (Wildman–Crippen MR) is 292 cm³/mol. The Morgan fingerprint density at radius 2 is 1.17 bits per heavy atom. The number of H-pyrrole nitrogens is 1. The number of nitrogens with zero attached hydrogens (tertiary/aromatic N) is 7. The van der Waals surface area contributed by atoms with E-state index in [0.717, 1.165) is 43.4 Å². The molecular formula is C55H64Cl2N10O8. The number of imidazole rings is 2. The second-order valence-corrected chi connectivity index (χ2v) is 21.5. The number of alkyl carbamates (subject to hydrolysis) is 2. The van der Waals surface area contributed by atoms with Crippen molar-refractivity contribution in [3.05, 3.63) is 145 Å². The minimum atomic E-state index is -0.603. The SMILES string of the molecule is CC(C)(C)OC(=O)N[C@@H]1CCCN(c2nc3cc[nH]c(=O)c3n2Cc2ccccc2Cl)C1.COc1ccccc1C(=O)Cn1ccc2nc(N3CCC[C@@H](NC(=O)OC(C)(C)C)C3)n(Cc3ccccc3Cl)c2c1=O. The number of aromatic amines is 1. The molecule has 2 fully saturated rings. The third-order valence-corrected chi connectivity index (χ3v) is 13.4. The number of pyridine rings is 2. The third-order valence-electron chi connectivity index (χ3n) is 12.6. The quantitative estimate of drug-likeness (QED) is 0.0982. The first kappa shape index (κ1) is 54.0. The molecule has 2 amide bonds. The van der Waals surface area contributed by atoms with Crippen LogP contribution in [0, 0.1) is 0 Å². The highest BCUT2D eigenvalue weighted by molar-refractivity contribution is 6.31. The third kappa shape index (κ3) is 13.3. The van der Waals surface area contributed by atoms with Crippen molar-refractivity contribution >= 4 is 75.1 Å². The van der Waals surface area contributed by atoms with Gasteiger partial charge < -0.3 is 53.3 Å². The average Bonchev–Trinajstić information content (AvgIpc) is 3.93. The molecule has 0 saturated carbocycles. The van der Waals surface area contributed by atoms with E-state index < -0.39 is 23.4 Å². The summed E-state index contributed by atoms with van der Waals surface area (Å²) in [5.41, 5.74) is 2.44. The van der Waals surface area contributed by atoms with Crippen molar-refractivity contribution in [3.8, 4) is 5.75 Å². The molecule has 0 unspecified atom stereocenters. The lowest BCUT2D eigenvalue weighted by Crippen LogP contribution is -2.49. The van der Waals surface area contributed by atoms with E-state index in [4.69, 9.17) is 47.4 Å². The second-order valence-electron chi connectivity index (χ2n) is 20.7. The summed E-state index contributed by atoms with van der Waals surface area (Å²) in [5, 5.41) is 7.15. The van der Waals surface area contributed by atoms with Crippen LogP contribution in [-0.2, 0) is 29.1 Å². The predicted octanol–water partition coefficient (Wildman–Crippen LogP) is 9.20. The van der Waals surface area contributed by atoms with Crippen molar-refractivity contribution in [2.24, 2.45) is 0 Å². The molecule has 0 spiro atoms. The highest BCUT2D eigenvalue weighted by Gasteiger charge is 2.31. The van der Waals surface area contributed by atoms with Crippen LogP contribution >= 0.6 is 23.2 Å². The lowest BCUT2D eigenvalue weighted by atomic mass is 10.1. The number of Topliss-reactive ketones (excluding diaryl/α,β-unsaturated/α-hetero) is 1. The number of benzene rings is 3. The number of methoxy groups -OCH3 is 1. The smallest absolute Gasteiger partial charge is 0.407 e. The maximum atomic E-state index is 14.0. The molecule has 7 aromatic rings. The van der Waals surface area contributed by atoms with Crippen LogP contribution in [-0.4, -0.2) is 103 Å². The molecule has 18 nitrogen and oxygen atoms in total. The molecule has 0 aliphatic carbocycles. The van der Waals surface area contributed by atoms with Crippen LogP contribution in [0.4, 0.5) is 21.5 Å². The summed E-state index contributed by atoms with van der Waals surface area (Å²) in [6.45, 7) is 14.1. The van der Waals surface area contributed by atoms with Crippen LogP contribution in [0.1, 0.15) is 88.7 Å². The van der Waals surface area contributed by atoms with Crippen LogP contribution in [0.3, 0.4) is 0 Å². The molecule has 2 aliphatic heterocycles. The van der Waals surface area contributed by atoms with E-state index in [1.165, 1.54) is 11.7 Å². The Kier molecular flexibility index (Phi) is 16.6. The van der Waals surface area contributed by atoms with Gasteiger partial charge in [0.25, 0.3) is 11.1 Å². The van der Waals surface area contributed by atoms with E-state index in [0.29, 0.717) is 88.0 Å². The minimum absolute atomic E-state index is 0.0783. The normalized spacial score (nSPS) is 16.0. The summed E-state index contributed by atoms with van der Waals surface area (Å²) in [6, 6.07) is 25.3. The van der Waals surface area contributed by atoms with Gasteiger partial charge in [0.15, 0.2) is 5.78 Å². The van der Waals surface area contributed by atoms with E-state index in [2.05, 4.69) is 25.4 Å². The van der Waals surface area contributed by atoms with E-state index in [1.54, 1.807) is 48.8 Å². The van der Waals surface area contributed by atoms with Crippen molar-refractivity contribution < 1.29 is 28.6 Å². The lowest BCUT2D eigenvalue weighted by molar-refractivity contribution is 0.0488. The summed E-state index contributed by atoms with van der Waals surface area (Å²) in [5.74, 6) is 1.49. The molecule has 9 rings (SSSR count). The number of aromatic nitrogens is 6. The number of hydrogen-bond acceptors (Lipinski definition) is 12. The van der Waals surface area contributed by atoms with Crippen LogP contribution in [0.5, 0.6) is 5.75 Å². The number of piperidine rings is 2. The minimum Gasteiger partial charge on any atom is -0.496 e. The van der Waals surface area contributed by atoms with Crippen LogP contribution in [0.15, 0.2) is 107 Å². The number of rotatable bonds is 12. The summed E-state index contributed by atoms with van der Waals surface area (Å²) in [6.07, 6.45) is 5.64. The number of para-hydroxylation sites is 1. The summed E-state index contributed by atoms with van der Waals surface area (Å²) >= 11 is 13.0. The molecule has 3 aromatic carbocycles. The van der Waals surface area contributed by atoms with E-state index in [-0.39, 0.29) is 35.5 Å². The number of ether oxygens (including phenoxy) is 3. The molecule has 396 valence electrons. The van der Waals surface area contributed by atoms with Gasteiger partial charge in [0, 0.05) is 60.7 Å². The number of fused-ring (bicyclic) bond motifs is 2. The van der Waals surface area contributed by atoms with Gasteiger partial charge in [-0.15, -0.1) is 0 Å². The van der Waals surface area contributed by atoms with Crippen molar-refractivity contribution in [1.29, 1.82) is 0 Å². The Labute approximate surface area is 444 Å². The summed E-state index contributed by atoms with van der Waals surface area (Å²) in [4.78, 5) is 81.3. The zero-order valence-electron chi connectivity index (χ0n) is 43.3. The van der Waals surface area contributed by atoms with Gasteiger partial charge in [-0.1, -0.05) is 71.7 Å². The Hall–Kier alpha value is -7.31. The van der Waals surface area contributed by atoms with E-state index >= 15 is 0 Å². The molecule has 0 bridgehead atoms. The molecule has 2 saturated heterocycles. The van der Waals surface area contributed by atoms with Crippen LogP contribution in [0.25, 0.3) is 22.1 Å². The number of halogens is 2. The Morgan fingerprint density at radius 3 is 1.69 bits per heavy atom. The van der Waals surface area contributed by atoms with Crippen LogP contribution in [0.2, 0.25) is 10.0 Å². The first-order valence-electron chi connectivity index (χ1n) is 25.0. The summed E-state index contributed by atoms with van der Waals surface area (Å²) in [7, 11) is 1.51. The standard InChI is InChI=1S/C32H36ClN5O5.C23H28ClN5O3/c1-32(2,3)43-31(41)34-22-11-9-16-37(19-22)30-35-25-15-17-36(20-26(39)23-12-6-8-14-27(23)42-4)29(40)28(25)38(30)18-21-10-5-7-13-24(21)33;1-23(2,3)32-22(31)26-16-8-6-12-28(14-16)21-27-18-10-11-25-20(30)19(18)29(21)13-15-7-4-5-9-17(15)24/h5-8,10,12-15,17,22H,9,11,16,18-20H2,1-4H3,(H,34,41);4-5,7,9-11,16H,6,8,12-14H2,1-3H3,(H,25,30)(H,26,31)/t22-;16-/m11/s1. The fourth-order valence-electron chi connectivity index (χ4n) is 9.36. The van der Waals surface area contributed by atoms with Gasteiger partial charge in [-0.05, 0) is 115 Å². The number of carbonyl (C=O) groups excluding carboxylic acids is 3. The Bertz CT molecular complexity index is 3320. The molecule has 75 heavy (non-hydrogen) atoms. The second kappa shape index (κ2) is 23.1. The van der Waals surface area contributed by atoms with Gasteiger partial charge in [0.2, 0.25) is 11.9 Å². The van der Waals surface area contributed by atoms with Gasteiger partial charge in [0.05, 0.1) is 43.3 Å². The first-order chi connectivity index (χ1) is 35.7. The monoisotopic (exact) mass is 1060 g/mol. The number of hydrogen-bond donors (Lipinski definition) is 3. The van der Waals surface area contributed by atoms with Crippen LogP contribution < -0.4 is 36.3 Å². The number of ketones is 1. The molecule has 6 heterocycles. The van der Waals surface area contributed by atoms with Crippen molar-refractivity contribution in [2.45, 2.75) is 110 Å². The summed E-state index contributed by atoms with van der Waals surface area (Å²) < 4.78 is 21.4. The zero-order valence-corrected chi connectivity index (χ0v) is 44.8. The fraction of sp³-hybridized carbons (Fsp3) is 0.400. The van der Waals surface area contributed by atoms with Gasteiger partial charge in [-0.25, -0.2) is 19.6 Å².